The maximum atomic E-state index is 14.9. The van der Waals surface area contributed by atoms with Crippen molar-refractivity contribution in [1.82, 2.24) is 0 Å². The van der Waals surface area contributed by atoms with E-state index in [4.69, 9.17) is 0 Å². The highest BCUT2D eigenvalue weighted by Crippen LogP contribution is 2.60. The number of hydrogen-bond donors (Lipinski definition) is 1. The van der Waals surface area contributed by atoms with Crippen molar-refractivity contribution < 1.29 is 14.4 Å². The summed E-state index contributed by atoms with van der Waals surface area (Å²) in [4.78, 5) is 44.4. The van der Waals surface area contributed by atoms with Gasteiger partial charge in [0.25, 0.3) is 5.91 Å². The number of carbonyl (C=O) groups excluding carboxylic acids is 3. The zero-order valence-electron chi connectivity index (χ0n) is 18.9. The second-order valence-electron chi connectivity index (χ2n) is 9.41. The Hall–Kier alpha value is -3.29. The molecule has 0 bridgehead atoms. The lowest BCUT2D eigenvalue weighted by Gasteiger charge is -2.38. The molecule has 36 heavy (non-hydrogen) atoms. The largest absolute Gasteiger partial charge is 0.354 e. The number of allylic oxidation sites excluding steroid dienone is 1. The van der Waals surface area contributed by atoms with Crippen molar-refractivity contribution in [1.29, 1.82) is 0 Å². The Kier molecular flexibility index (Phi) is 4.64. The molecule has 3 aromatic rings. The molecule has 0 saturated heterocycles. The van der Waals surface area contributed by atoms with Crippen LogP contribution < -0.4 is 10.2 Å². The Morgan fingerprint density at radius 1 is 0.806 bits per heavy atom. The number of anilines is 2. The van der Waals surface area contributed by atoms with Crippen molar-refractivity contribution in [3.05, 3.63) is 109 Å². The lowest BCUT2D eigenvalue weighted by atomic mass is 9.63. The predicted molar refractivity (Wildman–Crippen MR) is 145 cm³/mol. The van der Waals surface area contributed by atoms with E-state index in [0.29, 0.717) is 58.6 Å². The van der Waals surface area contributed by atoms with Gasteiger partial charge in [-0.2, -0.15) is 0 Å². The number of carbonyl (C=O) groups is 3. The zero-order valence-corrected chi connectivity index (χ0v) is 22.1. The molecule has 1 unspecified atom stereocenters. The molecule has 176 valence electrons. The summed E-state index contributed by atoms with van der Waals surface area (Å²) in [5.74, 6) is -0.567. The van der Waals surface area contributed by atoms with E-state index in [-0.39, 0.29) is 17.5 Å². The van der Waals surface area contributed by atoms with Crippen LogP contribution in [0.1, 0.15) is 40.7 Å². The highest BCUT2D eigenvalue weighted by atomic mass is 79.9. The maximum Gasteiger partial charge on any atom is 0.251 e. The van der Waals surface area contributed by atoms with Crippen LogP contribution in [0.5, 0.6) is 0 Å². The van der Waals surface area contributed by atoms with Crippen molar-refractivity contribution in [2.24, 2.45) is 0 Å². The SMILES string of the molecule is O=C1CCCC2=C1C1(C(=O)N2c2ccc(Br)cc2)C2=C(Nc3ccc(Br)cc31)c1ccccc1C2=O. The van der Waals surface area contributed by atoms with E-state index >= 15 is 0 Å². The number of halogens is 2. The van der Waals surface area contributed by atoms with Crippen LogP contribution in [-0.2, 0) is 15.0 Å². The van der Waals surface area contributed by atoms with E-state index in [1.54, 1.807) is 11.0 Å². The van der Waals surface area contributed by atoms with Gasteiger partial charge in [-0.25, -0.2) is 0 Å². The summed E-state index contributed by atoms with van der Waals surface area (Å²) in [6.07, 6.45) is 1.60. The van der Waals surface area contributed by atoms with Crippen LogP contribution in [0.4, 0.5) is 11.4 Å². The summed E-state index contributed by atoms with van der Waals surface area (Å²) in [5.41, 5.74) is 3.91. The topological polar surface area (TPSA) is 66.5 Å². The third-order valence-corrected chi connectivity index (χ3v) is 8.60. The Morgan fingerprint density at radius 3 is 2.31 bits per heavy atom. The van der Waals surface area contributed by atoms with Gasteiger partial charge in [0.15, 0.2) is 11.6 Å². The smallest absolute Gasteiger partial charge is 0.251 e. The normalized spacial score (nSPS) is 22.1. The van der Waals surface area contributed by atoms with E-state index < -0.39 is 5.41 Å². The number of ketones is 2. The van der Waals surface area contributed by atoms with Crippen molar-refractivity contribution in [3.63, 3.8) is 0 Å². The first kappa shape index (κ1) is 21.9. The third-order valence-electron chi connectivity index (χ3n) is 7.58. The molecule has 2 aliphatic heterocycles. The highest BCUT2D eigenvalue weighted by molar-refractivity contribution is 9.10. The minimum Gasteiger partial charge on any atom is -0.354 e. The van der Waals surface area contributed by atoms with Crippen LogP contribution in [0.15, 0.2) is 92.5 Å². The van der Waals surface area contributed by atoms with Crippen LogP contribution >= 0.6 is 31.9 Å². The van der Waals surface area contributed by atoms with E-state index in [1.807, 2.05) is 60.7 Å². The molecule has 0 aromatic heterocycles. The summed E-state index contributed by atoms with van der Waals surface area (Å²) in [5, 5.41) is 3.44. The number of fused-ring (bicyclic) bond motifs is 6. The molecular weight excluding hydrogens is 584 g/mol. The van der Waals surface area contributed by atoms with E-state index in [9.17, 15) is 14.4 Å². The lowest BCUT2D eigenvalue weighted by Crippen LogP contribution is -2.47. The van der Waals surface area contributed by atoms with E-state index in [0.717, 1.165) is 20.2 Å². The van der Waals surface area contributed by atoms with Gasteiger partial charge in [-0.1, -0.05) is 56.1 Å². The summed E-state index contributed by atoms with van der Waals surface area (Å²) in [6, 6.07) is 20.6. The fourth-order valence-corrected chi connectivity index (χ4v) is 6.82. The summed E-state index contributed by atoms with van der Waals surface area (Å²) >= 11 is 7.04. The highest BCUT2D eigenvalue weighted by Gasteiger charge is 2.64. The van der Waals surface area contributed by atoms with Crippen molar-refractivity contribution >= 4 is 66.4 Å². The van der Waals surface area contributed by atoms with E-state index in [1.165, 1.54) is 0 Å². The molecule has 1 spiro atoms. The first-order valence-electron chi connectivity index (χ1n) is 11.8. The minimum atomic E-state index is -1.52. The molecule has 1 N–H and O–H groups in total. The molecule has 7 heteroatoms. The first-order chi connectivity index (χ1) is 17.4. The molecule has 5 nitrogen and oxygen atoms in total. The van der Waals surface area contributed by atoms with Gasteiger partial charge in [0.1, 0.15) is 5.41 Å². The molecule has 0 radical (unpaired) electrons. The molecule has 4 aliphatic rings. The molecule has 1 atom stereocenters. The number of hydrogen-bond acceptors (Lipinski definition) is 4. The molecule has 7 rings (SSSR count). The second-order valence-corrected chi connectivity index (χ2v) is 11.2. The van der Waals surface area contributed by atoms with Gasteiger partial charge in [-0.3, -0.25) is 19.3 Å². The van der Waals surface area contributed by atoms with Gasteiger partial charge < -0.3 is 5.32 Å². The first-order valence-corrected chi connectivity index (χ1v) is 13.3. The monoisotopic (exact) mass is 600 g/mol. The summed E-state index contributed by atoms with van der Waals surface area (Å²) in [7, 11) is 0. The standard InChI is InChI=1S/C29H18Br2N2O3/c30-15-8-11-17(12-9-15)33-22-6-3-7-23(34)24(22)29(28(33)36)20-14-16(31)10-13-21(20)32-26-18-4-1-2-5-19(18)27(35)25(26)29/h1-2,4-5,8-14,32H,3,6-7H2. The van der Waals surface area contributed by atoms with Crippen LogP contribution in [0.2, 0.25) is 0 Å². The fourth-order valence-electron chi connectivity index (χ4n) is 6.19. The quantitative estimate of drug-likeness (QED) is 0.344. The van der Waals surface area contributed by atoms with Gasteiger partial charge >= 0.3 is 0 Å². The molecule has 0 fully saturated rings. The number of nitrogens with zero attached hydrogens (tertiary/aromatic N) is 1. The van der Waals surface area contributed by atoms with Gasteiger partial charge in [0, 0.05) is 60.3 Å². The second kappa shape index (κ2) is 7.60. The molecule has 2 aliphatic carbocycles. The number of benzene rings is 3. The third kappa shape index (κ3) is 2.67. The number of Topliss-reactive ketones (excluding diaryl/α,β-unsaturated/α-hetero) is 2. The van der Waals surface area contributed by atoms with Gasteiger partial charge in [0.2, 0.25) is 0 Å². The van der Waals surface area contributed by atoms with E-state index in [2.05, 4.69) is 37.2 Å². The predicted octanol–water partition coefficient (Wildman–Crippen LogP) is 6.54. The summed E-state index contributed by atoms with van der Waals surface area (Å²) in [6.45, 7) is 0. The van der Waals surface area contributed by atoms with Gasteiger partial charge in [-0.05, 0) is 55.3 Å². The van der Waals surface area contributed by atoms with Crippen LogP contribution in [-0.4, -0.2) is 17.5 Å². The van der Waals surface area contributed by atoms with Gasteiger partial charge in [0.05, 0.1) is 5.70 Å². The Labute approximate surface area is 224 Å². The maximum absolute atomic E-state index is 14.9. The number of amides is 1. The Bertz CT molecular complexity index is 1620. The Morgan fingerprint density at radius 2 is 1.53 bits per heavy atom. The Balaban J connectivity index is 1.60. The van der Waals surface area contributed by atoms with Crippen molar-refractivity contribution in [2.75, 3.05) is 10.2 Å². The van der Waals surface area contributed by atoms with Crippen molar-refractivity contribution in [3.8, 4) is 0 Å². The van der Waals surface area contributed by atoms with Crippen LogP contribution in [0, 0.1) is 0 Å². The molecule has 1 amide bonds. The molecule has 3 aromatic carbocycles. The molecule has 2 heterocycles. The zero-order chi connectivity index (χ0) is 24.8. The number of rotatable bonds is 1. The van der Waals surface area contributed by atoms with Crippen molar-refractivity contribution in [2.45, 2.75) is 24.7 Å². The summed E-state index contributed by atoms with van der Waals surface area (Å²) < 4.78 is 1.67. The molecular formula is C29H18Br2N2O3. The average Bonchev–Trinajstić information content (AvgIpc) is 3.31. The van der Waals surface area contributed by atoms with Crippen LogP contribution in [0.25, 0.3) is 5.70 Å². The minimum absolute atomic E-state index is 0.0763. The average molecular weight is 602 g/mol. The van der Waals surface area contributed by atoms with Gasteiger partial charge in [-0.15, -0.1) is 0 Å². The fraction of sp³-hybridized carbons (Fsp3) is 0.138. The molecule has 0 saturated carbocycles. The van der Waals surface area contributed by atoms with Crippen LogP contribution in [0.3, 0.4) is 0 Å². The lowest BCUT2D eigenvalue weighted by molar-refractivity contribution is -0.122. The number of nitrogens with one attached hydrogen (secondary N) is 1.